The van der Waals surface area contributed by atoms with E-state index in [4.69, 9.17) is 18.9 Å². The smallest absolute Gasteiger partial charge is 0.351 e. The summed E-state index contributed by atoms with van der Waals surface area (Å²) in [4.78, 5) is 21.7. The second-order valence-electron chi connectivity index (χ2n) is 10.8. The zero-order valence-electron chi connectivity index (χ0n) is 25.2. The molecule has 0 N–H and O–H groups in total. The number of methoxy groups -OCH3 is 2. The van der Waals surface area contributed by atoms with Gasteiger partial charge in [0, 0.05) is 29.2 Å². The minimum Gasteiger partial charge on any atom is -0.497 e. The van der Waals surface area contributed by atoms with E-state index >= 15 is 0 Å². The van der Waals surface area contributed by atoms with Crippen LogP contribution in [0.25, 0.3) is 5.82 Å². The molecule has 0 bridgehead atoms. The molecule has 11 heteroatoms. The van der Waals surface area contributed by atoms with E-state index in [1.165, 1.54) is 21.9 Å². The molecule has 0 radical (unpaired) electrons. The number of alkyl halides is 1. The van der Waals surface area contributed by atoms with E-state index in [0.29, 0.717) is 5.82 Å². The monoisotopic (exact) mass is 719 g/mol. The molecule has 0 aliphatic carbocycles. The molecule has 3 heterocycles. The highest BCUT2D eigenvalue weighted by atomic mass is 127. The number of aryl methyl sites for hydroxylation is 1. The predicted molar refractivity (Wildman–Crippen MR) is 177 cm³/mol. The zero-order chi connectivity index (χ0) is 31.4. The number of benzene rings is 3. The van der Waals surface area contributed by atoms with Crippen molar-refractivity contribution in [3.8, 4) is 11.6 Å². The average Bonchev–Trinajstić information content (AvgIpc) is 3.75. The van der Waals surface area contributed by atoms with Crippen LogP contribution in [0.2, 0.25) is 0 Å². The second-order valence-corrected chi connectivity index (χ2v) is 11.7. The summed E-state index contributed by atoms with van der Waals surface area (Å²) in [6.07, 6.45) is 3.17. The minimum atomic E-state index is -0.955. The number of hydrogen-bond donors (Lipinski definition) is 0. The highest BCUT2D eigenvalue weighted by Crippen LogP contribution is 2.43. The van der Waals surface area contributed by atoms with Crippen molar-refractivity contribution in [2.75, 3.05) is 25.3 Å². The van der Waals surface area contributed by atoms with Gasteiger partial charge in [-0.2, -0.15) is 10.1 Å². The molecule has 5 aromatic rings. The van der Waals surface area contributed by atoms with Crippen molar-refractivity contribution in [3.63, 3.8) is 0 Å². The topological polar surface area (TPSA) is 103 Å². The summed E-state index contributed by atoms with van der Waals surface area (Å²) in [7, 11) is 3.30. The van der Waals surface area contributed by atoms with E-state index in [0.717, 1.165) is 32.4 Å². The summed E-state index contributed by atoms with van der Waals surface area (Å²) < 4.78 is 29.0. The van der Waals surface area contributed by atoms with Crippen molar-refractivity contribution >= 4 is 22.6 Å². The lowest BCUT2D eigenvalue weighted by molar-refractivity contribution is -0.0925. The maximum Gasteiger partial charge on any atom is 0.351 e. The van der Waals surface area contributed by atoms with Crippen molar-refractivity contribution in [1.82, 2.24) is 24.3 Å². The van der Waals surface area contributed by atoms with Crippen LogP contribution in [-0.4, -0.2) is 61.8 Å². The molecule has 6 rings (SSSR count). The maximum atomic E-state index is 13.4. The fraction of sp³-hybridized carbons (Fsp3) is 0.294. The van der Waals surface area contributed by atoms with E-state index < -0.39 is 23.6 Å². The second kappa shape index (κ2) is 13.6. The number of aromatic nitrogens is 5. The Morgan fingerprint density at radius 1 is 0.933 bits per heavy atom. The molecule has 1 fully saturated rings. The first-order valence-electron chi connectivity index (χ1n) is 14.6. The SMILES string of the molecule is COc1ccc(C(OC[C@H]2O[C@@H](n3cc(C)c(-n4cncn4)nc3=O)[C@H](OC)[C@@H]2CI)(c2ccccc2)c2ccccc2)cc1. The molecule has 45 heavy (non-hydrogen) atoms. The van der Waals surface area contributed by atoms with Crippen LogP contribution >= 0.6 is 22.6 Å². The first-order chi connectivity index (χ1) is 22.0. The molecule has 2 aromatic heterocycles. The van der Waals surface area contributed by atoms with Gasteiger partial charge < -0.3 is 18.9 Å². The summed E-state index contributed by atoms with van der Waals surface area (Å²) in [5, 5.41) is 4.13. The van der Waals surface area contributed by atoms with E-state index in [1.807, 2.05) is 67.6 Å². The minimum absolute atomic E-state index is 0.0667. The van der Waals surface area contributed by atoms with E-state index in [-0.39, 0.29) is 18.6 Å². The van der Waals surface area contributed by atoms with Gasteiger partial charge in [-0.05, 0) is 35.7 Å². The van der Waals surface area contributed by atoms with Gasteiger partial charge >= 0.3 is 5.69 Å². The van der Waals surface area contributed by atoms with Crippen molar-refractivity contribution in [3.05, 3.63) is 137 Å². The molecule has 0 spiro atoms. The van der Waals surface area contributed by atoms with Crippen LogP contribution in [0.1, 0.15) is 28.5 Å². The Morgan fingerprint density at radius 2 is 1.58 bits per heavy atom. The quantitative estimate of drug-likeness (QED) is 0.106. The Bertz CT molecular complexity index is 1710. The fourth-order valence-electron chi connectivity index (χ4n) is 6.06. The third kappa shape index (κ3) is 5.92. The molecule has 0 unspecified atom stereocenters. The van der Waals surface area contributed by atoms with Crippen LogP contribution in [0.5, 0.6) is 5.75 Å². The van der Waals surface area contributed by atoms with Crippen molar-refractivity contribution < 1.29 is 18.9 Å². The van der Waals surface area contributed by atoms with E-state index in [2.05, 4.69) is 61.9 Å². The summed E-state index contributed by atoms with van der Waals surface area (Å²) in [6, 6.07) is 28.3. The number of rotatable bonds is 11. The van der Waals surface area contributed by atoms with Gasteiger partial charge in [-0.25, -0.2) is 14.5 Å². The van der Waals surface area contributed by atoms with Gasteiger partial charge in [0.05, 0.1) is 19.8 Å². The number of hydrogen-bond acceptors (Lipinski definition) is 8. The third-order valence-electron chi connectivity index (χ3n) is 8.28. The summed E-state index contributed by atoms with van der Waals surface area (Å²) in [5.41, 5.74) is 2.23. The van der Waals surface area contributed by atoms with Crippen LogP contribution in [0.3, 0.4) is 0 Å². The maximum absolute atomic E-state index is 13.4. The molecule has 0 saturated carbocycles. The Morgan fingerprint density at radius 3 is 2.13 bits per heavy atom. The van der Waals surface area contributed by atoms with Gasteiger partial charge in [0.25, 0.3) is 0 Å². The standard InChI is InChI=1S/C34H34IN5O5/c1-23-19-39(33(41)38-31(23)40-22-36-21-37-40)32-30(43-3)28(18-35)29(45-32)20-44-34(24-10-6-4-7-11-24,25-12-8-5-9-13-25)26-14-16-27(42-2)17-15-26/h4-17,19,21-22,28-30,32H,18,20H2,1-3H3/t28-,29-,30-,32-/m1/s1. The van der Waals surface area contributed by atoms with Crippen LogP contribution in [0.4, 0.5) is 0 Å². The number of halogens is 1. The van der Waals surface area contributed by atoms with Gasteiger partial charge in [0.15, 0.2) is 12.0 Å². The van der Waals surface area contributed by atoms with Gasteiger partial charge in [0.2, 0.25) is 0 Å². The molecule has 1 aliphatic heterocycles. The van der Waals surface area contributed by atoms with Gasteiger partial charge in [-0.1, -0.05) is 95.4 Å². The molecule has 1 aliphatic rings. The molecule has 232 valence electrons. The Balaban J connectivity index is 1.38. The molecule has 10 nitrogen and oxygen atoms in total. The lowest BCUT2D eigenvalue weighted by Crippen LogP contribution is -2.38. The van der Waals surface area contributed by atoms with Gasteiger partial charge in [0.1, 0.15) is 30.1 Å². The Labute approximate surface area is 275 Å². The highest BCUT2D eigenvalue weighted by Gasteiger charge is 2.48. The zero-order valence-corrected chi connectivity index (χ0v) is 27.4. The highest BCUT2D eigenvalue weighted by molar-refractivity contribution is 14.1. The first-order valence-corrected chi connectivity index (χ1v) is 16.1. The van der Waals surface area contributed by atoms with Crippen LogP contribution in [0.15, 0.2) is 109 Å². The molecule has 4 atom stereocenters. The van der Waals surface area contributed by atoms with Crippen LogP contribution < -0.4 is 10.4 Å². The first kappa shape index (κ1) is 31.1. The van der Waals surface area contributed by atoms with Crippen LogP contribution in [0, 0.1) is 12.8 Å². The van der Waals surface area contributed by atoms with Crippen molar-refractivity contribution in [1.29, 1.82) is 0 Å². The molecule has 1 saturated heterocycles. The van der Waals surface area contributed by atoms with Crippen molar-refractivity contribution in [2.45, 2.75) is 31.0 Å². The normalized spacial score (nSPS) is 19.9. The lowest BCUT2D eigenvalue weighted by atomic mass is 9.80. The van der Waals surface area contributed by atoms with Gasteiger partial charge in [-0.3, -0.25) is 4.57 Å². The molecular weight excluding hydrogens is 685 g/mol. The number of nitrogens with zero attached hydrogens (tertiary/aromatic N) is 5. The largest absolute Gasteiger partial charge is 0.497 e. The molecule has 0 amide bonds. The van der Waals surface area contributed by atoms with Crippen molar-refractivity contribution in [2.24, 2.45) is 5.92 Å². The van der Waals surface area contributed by atoms with Gasteiger partial charge in [-0.15, -0.1) is 0 Å². The fourth-order valence-corrected chi connectivity index (χ4v) is 7.13. The Kier molecular flexibility index (Phi) is 9.40. The molecular formula is C34H34IN5O5. The average molecular weight is 720 g/mol. The predicted octanol–water partition coefficient (Wildman–Crippen LogP) is 5.11. The lowest BCUT2D eigenvalue weighted by Gasteiger charge is -2.37. The molecule has 3 aromatic carbocycles. The summed E-state index contributed by atoms with van der Waals surface area (Å²) in [6.45, 7) is 2.11. The Hall–Kier alpha value is -3.91. The van der Waals surface area contributed by atoms with Crippen LogP contribution in [-0.2, 0) is 19.8 Å². The summed E-state index contributed by atoms with van der Waals surface area (Å²) in [5.74, 6) is 1.11. The third-order valence-corrected chi connectivity index (χ3v) is 9.30. The number of ether oxygens (including phenoxy) is 4. The van der Waals surface area contributed by atoms with E-state index in [9.17, 15) is 4.79 Å². The van der Waals surface area contributed by atoms with E-state index in [1.54, 1.807) is 20.4 Å². The summed E-state index contributed by atoms with van der Waals surface area (Å²) >= 11 is 2.35.